The molecular formula is C18H29O. The first-order chi connectivity index (χ1) is 8.43. The van der Waals surface area contributed by atoms with Gasteiger partial charge in [0.25, 0.3) is 0 Å². The van der Waals surface area contributed by atoms with Crippen molar-refractivity contribution in [2.75, 3.05) is 0 Å². The van der Waals surface area contributed by atoms with Crippen molar-refractivity contribution in [2.24, 2.45) is 0 Å². The van der Waals surface area contributed by atoms with Crippen molar-refractivity contribution in [1.82, 2.24) is 0 Å². The quantitative estimate of drug-likeness (QED) is 0.781. The normalized spacial score (nSPS) is 13.1. The molecule has 0 aliphatic heterocycles. The van der Waals surface area contributed by atoms with E-state index in [1.54, 1.807) is 0 Å². The fraction of sp³-hybridized carbons (Fsp3) is 0.611. The number of benzene rings is 1. The molecule has 0 aliphatic carbocycles. The molecule has 1 rings (SSSR count). The Morgan fingerprint density at radius 3 is 1.53 bits per heavy atom. The average molecular weight is 261 g/mol. The van der Waals surface area contributed by atoms with Crippen LogP contribution < -0.4 is 0 Å². The van der Waals surface area contributed by atoms with Gasteiger partial charge in [-0.3, -0.25) is 0 Å². The van der Waals surface area contributed by atoms with Gasteiger partial charge in [-0.2, -0.15) is 0 Å². The summed E-state index contributed by atoms with van der Waals surface area (Å²) in [5, 5.41) is 10.6. The van der Waals surface area contributed by atoms with E-state index < -0.39 is 0 Å². The molecule has 0 saturated carbocycles. The van der Waals surface area contributed by atoms with E-state index in [2.05, 4.69) is 67.5 Å². The molecule has 0 aliphatic rings. The Morgan fingerprint density at radius 1 is 0.895 bits per heavy atom. The molecule has 0 heterocycles. The van der Waals surface area contributed by atoms with E-state index >= 15 is 0 Å². The van der Waals surface area contributed by atoms with Crippen LogP contribution in [0.1, 0.15) is 72.1 Å². The summed E-state index contributed by atoms with van der Waals surface area (Å²) in [7, 11) is 0. The first kappa shape index (κ1) is 16.1. The van der Waals surface area contributed by atoms with Gasteiger partial charge >= 0.3 is 0 Å². The Hall–Kier alpha value is -0.980. The van der Waals surface area contributed by atoms with Crippen LogP contribution in [0, 0.1) is 5.92 Å². The van der Waals surface area contributed by atoms with Crippen molar-refractivity contribution in [1.29, 1.82) is 0 Å². The molecule has 19 heavy (non-hydrogen) atoms. The van der Waals surface area contributed by atoms with E-state index in [1.165, 1.54) is 11.5 Å². The molecule has 0 atom stereocenters. The van der Waals surface area contributed by atoms with E-state index in [0.717, 1.165) is 17.5 Å². The highest BCUT2D eigenvalue weighted by molar-refractivity contribution is 5.50. The third-order valence-electron chi connectivity index (χ3n) is 3.34. The lowest BCUT2D eigenvalue weighted by Gasteiger charge is -2.28. The van der Waals surface area contributed by atoms with Crippen molar-refractivity contribution in [3.05, 3.63) is 34.7 Å². The third-order valence-corrected chi connectivity index (χ3v) is 3.34. The molecule has 1 aromatic rings. The number of phenolic OH excluding ortho intramolecular Hbond substituents is 1. The van der Waals surface area contributed by atoms with Crippen LogP contribution in [0.25, 0.3) is 0 Å². The van der Waals surface area contributed by atoms with Gasteiger partial charge in [0, 0.05) is 0 Å². The fourth-order valence-corrected chi connectivity index (χ4v) is 2.35. The lowest BCUT2D eigenvalue weighted by Crippen LogP contribution is -2.18. The maximum absolute atomic E-state index is 10.6. The van der Waals surface area contributed by atoms with Crippen molar-refractivity contribution in [3.8, 4) is 5.75 Å². The zero-order chi connectivity index (χ0) is 15.0. The molecule has 107 valence electrons. The maximum atomic E-state index is 10.6. The SMILES string of the molecule is C[C](C)Cc1cc(C(C)(C)C)c(O)c(C(C)(C)C)c1. The highest BCUT2D eigenvalue weighted by Gasteiger charge is 2.26. The molecule has 1 aromatic carbocycles. The molecule has 0 spiro atoms. The largest absolute Gasteiger partial charge is 0.507 e. The Morgan fingerprint density at radius 2 is 1.26 bits per heavy atom. The summed E-state index contributed by atoms with van der Waals surface area (Å²) in [6.45, 7) is 17.2. The molecule has 0 amide bonds. The van der Waals surface area contributed by atoms with Crippen molar-refractivity contribution < 1.29 is 5.11 Å². The van der Waals surface area contributed by atoms with Crippen LogP contribution in [-0.4, -0.2) is 5.11 Å². The van der Waals surface area contributed by atoms with Gasteiger partial charge in [-0.15, -0.1) is 0 Å². The molecule has 1 nitrogen and oxygen atoms in total. The van der Waals surface area contributed by atoms with Crippen LogP contribution in [0.4, 0.5) is 0 Å². The van der Waals surface area contributed by atoms with Crippen LogP contribution >= 0.6 is 0 Å². The predicted octanol–water partition coefficient (Wildman–Crippen LogP) is 5.14. The van der Waals surface area contributed by atoms with E-state index in [1.807, 2.05) is 0 Å². The lowest BCUT2D eigenvalue weighted by atomic mass is 9.77. The molecule has 1 radical (unpaired) electrons. The number of hydrogen-bond donors (Lipinski definition) is 1. The van der Waals surface area contributed by atoms with Gasteiger partial charge in [-0.25, -0.2) is 0 Å². The minimum Gasteiger partial charge on any atom is -0.507 e. The Kier molecular flexibility index (Phi) is 4.39. The summed E-state index contributed by atoms with van der Waals surface area (Å²) in [4.78, 5) is 0. The molecular weight excluding hydrogens is 232 g/mol. The second-order valence-corrected chi connectivity index (χ2v) is 7.92. The summed E-state index contributed by atoms with van der Waals surface area (Å²) in [5.74, 6) is 1.86. The van der Waals surface area contributed by atoms with E-state index in [-0.39, 0.29) is 10.8 Å². The standard InChI is InChI=1S/C18H29O/c1-12(2)9-13-10-14(17(3,4)5)16(19)15(11-13)18(6,7)8/h10-11,19H,9H2,1-8H3. The van der Waals surface area contributed by atoms with Crippen molar-refractivity contribution in [3.63, 3.8) is 0 Å². The van der Waals surface area contributed by atoms with Gasteiger partial charge in [0.15, 0.2) is 0 Å². The van der Waals surface area contributed by atoms with Crippen LogP contribution in [0.5, 0.6) is 5.75 Å². The van der Waals surface area contributed by atoms with Crippen LogP contribution in [-0.2, 0) is 17.3 Å². The number of rotatable bonds is 2. The lowest BCUT2D eigenvalue weighted by molar-refractivity contribution is 0.422. The Bertz CT molecular complexity index is 407. The number of hydrogen-bond acceptors (Lipinski definition) is 1. The van der Waals surface area contributed by atoms with Gasteiger partial charge in [-0.05, 0) is 39.9 Å². The van der Waals surface area contributed by atoms with Crippen LogP contribution in [0.15, 0.2) is 12.1 Å². The molecule has 0 bridgehead atoms. The van der Waals surface area contributed by atoms with Gasteiger partial charge < -0.3 is 5.11 Å². The molecule has 1 N–H and O–H groups in total. The molecule has 0 aromatic heterocycles. The number of aromatic hydroxyl groups is 1. The summed E-state index contributed by atoms with van der Waals surface area (Å²) in [5.41, 5.74) is 3.32. The minimum absolute atomic E-state index is 0.0399. The maximum Gasteiger partial charge on any atom is 0.123 e. The van der Waals surface area contributed by atoms with Gasteiger partial charge in [-0.1, -0.05) is 67.5 Å². The van der Waals surface area contributed by atoms with Gasteiger partial charge in [0.1, 0.15) is 5.75 Å². The first-order valence-electron chi connectivity index (χ1n) is 7.09. The average Bonchev–Trinajstić information content (AvgIpc) is 2.16. The van der Waals surface area contributed by atoms with Crippen LogP contribution in [0.2, 0.25) is 0 Å². The molecule has 0 unspecified atom stereocenters. The monoisotopic (exact) mass is 261 g/mol. The highest BCUT2D eigenvalue weighted by atomic mass is 16.3. The van der Waals surface area contributed by atoms with E-state index in [9.17, 15) is 5.11 Å². The van der Waals surface area contributed by atoms with Gasteiger partial charge in [0.2, 0.25) is 0 Å². The molecule has 0 saturated heterocycles. The molecule has 1 heteroatoms. The minimum atomic E-state index is -0.0399. The second kappa shape index (κ2) is 5.19. The van der Waals surface area contributed by atoms with Crippen molar-refractivity contribution >= 4 is 0 Å². The predicted molar refractivity (Wildman–Crippen MR) is 83.8 cm³/mol. The highest BCUT2D eigenvalue weighted by Crippen LogP contribution is 2.40. The van der Waals surface area contributed by atoms with E-state index in [0.29, 0.717) is 5.75 Å². The smallest absolute Gasteiger partial charge is 0.123 e. The zero-order valence-corrected chi connectivity index (χ0v) is 13.8. The van der Waals surface area contributed by atoms with Crippen LogP contribution in [0.3, 0.4) is 0 Å². The first-order valence-corrected chi connectivity index (χ1v) is 7.09. The van der Waals surface area contributed by atoms with Gasteiger partial charge in [0.05, 0.1) is 0 Å². The summed E-state index contributed by atoms with van der Waals surface area (Å²) < 4.78 is 0. The zero-order valence-electron chi connectivity index (χ0n) is 13.8. The second-order valence-electron chi connectivity index (χ2n) is 7.92. The van der Waals surface area contributed by atoms with Crippen molar-refractivity contribution in [2.45, 2.75) is 72.6 Å². The number of phenols is 1. The topological polar surface area (TPSA) is 20.2 Å². The summed E-state index contributed by atoms with van der Waals surface area (Å²) in [6.07, 6.45) is 0.979. The summed E-state index contributed by atoms with van der Waals surface area (Å²) in [6, 6.07) is 4.33. The fourth-order valence-electron chi connectivity index (χ4n) is 2.35. The molecule has 0 fully saturated rings. The third kappa shape index (κ3) is 3.99. The summed E-state index contributed by atoms with van der Waals surface area (Å²) >= 11 is 0. The Balaban J connectivity index is 3.48. The Labute approximate surface area is 119 Å². The van der Waals surface area contributed by atoms with E-state index in [4.69, 9.17) is 0 Å².